The maximum absolute atomic E-state index is 10.9. The molecule has 1 aliphatic carbocycles. The van der Waals surface area contributed by atoms with Gasteiger partial charge in [-0.05, 0) is 19.1 Å². The Hall–Kier alpha value is -0.220. The fraction of sp³-hybridized carbons (Fsp3) is 0.917. The summed E-state index contributed by atoms with van der Waals surface area (Å²) >= 11 is 1.97. The van der Waals surface area contributed by atoms with Crippen LogP contribution in [-0.4, -0.2) is 30.0 Å². The van der Waals surface area contributed by atoms with Crippen LogP contribution in [0.4, 0.5) is 0 Å². The molecule has 1 aliphatic rings. The third-order valence-corrected chi connectivity index (χ3v) is 5.00. The van der Waals surface area contributed by atoms with Crippen molar-refractivity contribution in [1.29, 1.82) is 0 Å². The van der Waals surface area contributed by atoms with E-state index in [1.165, 1.54) is 32.1 Å². The zero-order valence-electron chi connectivity index (χ0n) is 10.4. The lowest BCUT2D eigenvalue weighted by Gasteiger charge is -2.36. The van der Waals surface area contributed by atoms with E-state index in [0.717, 1.165) is 6.54 Å². The number of nitrogens with two attached hydrogens (primary N) is 1. The number of hydrogen-bond donors (Lipinski definition) is 2. The van der Waals surface area contributed by atoms with Gasteiger partial charge in [0.15, 0.2) is 0 Å². The van der Waals surface area contributed by atoms with Gasteiger partial charge in [0.05, 0.1) is 0 Å². The number of nitrogens with one attached hydrogen (secondary N) is 1. The van der Waals surface area contributed by atoms with Gasteiger partial charge in [-0.15, -0.1) is 0 Å². The van der Waals surface area contributed by atoms with Crippen molar-refractivity contribution in [2.45, 2.75) is 43.8 Å². The maximum Gasteiger partial charge on any atom is 0.221 e. The zero-order valence-corrected chi connectivity index (χ0v) is 11.2. The van der Waals surface area contributed by atoms with E-state index in [1.54, 1.807) is 0 Å². The monoisotopic (exact) mass is 244 g/mol. The molecule has 3 nitrogen and oxygen atoms in total. The molecule has 0 saturated heterocycles. The SMILES string of the molecule is CSC1(CNCC(C)C(N)=O)CCCCC1. The summed E-state index contributed by atoms with van der Waals surface area (Å²) in [5, 5.41) is 3.41. The average Bonchev–Trinajstić information content (AvgIpc) is 2.30. The number of thioether (sulfide) groups is 1. The highest BCUT2D eigenvalue weighted by atomic mass is 32.2. The van der Waals surface area contributed by atoms with Crippen molar-refractivity contribution in [2.24, 2.45) is 11.7 Å². The first-order chi connectivity index (χ1) is 7.59. The maximum atomic E-state index is 10.9. The van der Waals surface area contributed by atoms with Crippen LogP contribution < -0.4 is 11.1 Å². The normalized spacial score (nSPS) is 21.6. The molecule has 0 aromatic carbocycles. The fourth-order valence-corrected chi connectivity index (χ4v) is 3.21. The lowest BCUT2D eigenvalue weighted by Crippen LogP contribution is -2.42. The van der Waals surface area contributed by atoms with Crippen molar-refractivity contribution in [3.8, 4) is 0 Å². The van der Waals surface area contributed by atoms with Crippen molar-refractivity contribution < 1.29 is 4.79 Å². The van der Waals surface area contributed by atoms with E-state index in [0.29, 0.717) is 11.3 Å². The minimum Gasteiger partial charge on any atom is -0.369 e. The van der Waals surface area contributed by atoms with Gasteiger partial charge in [0, 0.05) is 23.8 Å². The first-order valence-electron chi connectivity index (χ1n) is 6.15. The highest BCUT2D eigenvalue weighted by Crippen LogP contribution is 2.37. The van der Waals surface area contributed by atoms with Gasteiger partial charge in [-0.2, -0.15) is 11.8 Å². The average molecular weight is 244 g/mol. The quantitative estimate of drug-likeness (QED) is 0.748. The molecule has 0 bridgehead atoms. The summed E-state index contributed by atoms with van der Waals surface area (Å²) in [5.74, 6) is -0.281. The Morgan fingerprint density at radius 3 is 2.56 bits per heavy atom. The highest BCUT2D eigenvalue weighted by Gasteiger charge is 2.30. The van der Waals surface area contributed by atoms with Gasteiger partial charge in [-0.25, -0.2) is 0 Å². The van der Waals surface area contributed by atoms with Gasteiger partial charge < -0.3 is 11.1 Å². The number of carbonyl (C=O) groups excluding carboxylic acids is 1. The molecule has 1 unspecified atom stereocenters. The molecule has 1 saturated carbocycles. The van der Waals surface area contributed by atoms with Crippen LogP contribution in [0.3, 0.4) is 0 Å². The van der Waals surface area contributed by atoms with Gasteiger partial charge in [0.1, 0.15) is 0 Å². The van der Waals surface area contributed by atoms with E-state index in [-0.39, 0.29) is 11.8 Å². The molecule has 0 heterocycles. The first-order valence-corrected chi connectivity index (χ1v) is 7.37. The summed E-state index contributed by atoms with van der Waals surface area (Å²) in [6.45, 7) is 3.59. The van der Waals surface area contributed by atoms with Gasteiger partial charge in [0.2, 0.25) is 5.91 Å². The first kappa shape index (κ1) is 13.8. The largest absolute Gasteiger partial charge is 0.369 e. The molecule has 94 valence electrons. The Balaban J connectivity index is 2.31. The second-order valence-electron chi connectivity index (χ2n) is 4.88. The van der Waals surface area contributed by atoms with E-state index in [4.69, 9.17) is 5.73 Å². The van der Waals surface area contributed by atoms with Crippen LogP contribution in [0.1, 0.15) is 39.0 Å². The van der Waals surface area contributed by atoms with Crippen molar-refractivity contribution in [1.82, 2.24) is 5.32 Å². The standard InChI is InChI=1S/C12H24N2OS/c1-10(11(13)15)8-14-9-12(16-2)6-4-3-5-7-12/h10,14H,3-9H2,1-2H3,(H2,13,15). The zero-order chi connectivity index (χ0) is 12.0. The molecule has 16 heavy (non-hydrogen) atoms. The number of carbonyl (C=O) groups is 1. The number of rotatable bonds is 6. The molecular formula is C12H24N2OS. The summed E-state index contributed by atoms with van der Waals surface area (Å²) in [6, 6.07) is 0. The molecule has 0 aromatic heterocycles. The smallest absolute Gasteiger partial charge is 0.221 e. The highest BCUT2D eigenvalue weighted by molar-refractivity contribution is 8.00. The van der Waals surface area contributed by atoms with E-state index >= 15 is 0 Å². The number of hydrogen-bond acceptors (Lipinski definition) is 3. The van der Waals surface area contributed by atoms with Crippen LogP contribution in [0, 0.1) is 5.92 Å². The molecule has 0 radical (unpaired) electrons. The molecule has 0 spiro atoms. The van der Waals surface area contributed by atoms with Gasteiger partial charge in [-0.1, -0.05) is 26.2 Å². The Labute approximate surface area is 103 Å². The van der Waals surface area contributed by atoms with Crippen LogP contribution in [0.5, 0.6) is 0 Å². The van der Waals surface area contributed by atoms with Crippen LogP contribution in [-0.2, 0) is 4.79 Å². The molecule has 3 N–H and O–H groups in total. The van der Waals surface area contributed by atoms with Crippen molar-refractivity contribution in [3.63, 3.8) is 0 Å². The molecular weight excluding hydrogens is 220 g/mol. The predicted octanol–water partition coefficient (Wildman–Crippen LogP) is 1.76. The molecule has 1 atom stereocenters. The van der Waals surface area contributed by atoms with E-state index < -0.39 is 0 Å². The predicted molar refractivity (Wildman–Crippen MR) is 70.6 cm³/mol. The minimum atomic E-state index is -0.214. The molecule has 1 amide bonds. The minimum absolute atomic E-state index is 0.0671. The fourth-order valence-electron chi connectivity index (χ4n) is 2.27. The third-order valence-electron chi connectivity index (χ3n) is 3.58. The Morgan fingerprint density at radius 1 is 1.44 bits per heavy atom. The van der Waals surface area contributed by atoms with Crippen molar-refractivity contribution >= 4 is 17.7 Å². The van der Waals surface area contributed by atoms with E-state index in [9.17, 15) is 4.79 Å². The summed E-state index contributed by atoms with van der Waals surface area (Å²) in [6.07, 6.45) is 8.85. The Morgan fingerprint density at radius 2 is 2.06 bits per heavy atom. The van der Waals surface area contributed by atoms with Gasteiger partial charge >= 0.3 is 0 Å². The molecule has 4 heteroatoms. The summed E-state index contributed by atoms with van der Waals surface area (Å²) in [7, 11) is 0. The number of amides is 1. The van der Waals surface area contributed by atoms with Crippen molar-refractivity contribution in [3.05, 3.63) is 0 Å². The topological polar surface area (TPSA) is 55.1 Å². The molecule has 1 fully saturated rings. The van der Waals surface area contributed by atoms with E-state index in [2.05, 4.69) is 11.6 Å². The third kappa shape index (κ3) is 3.98. The van der Waals surface area contributed by atoms with Crippen LogP contribution in [0.15, 0.2) is 0 Å². The summed E-state index contributed by atoms with van der Waals surface area (Å²) in [5.41, 5.74) is 5.24. The molecule has 0 aromatic rings. The summed E-state index contributed by atoms with van der Waals surface area (Å²) in [4.78, 5) is 10.9. The van der Waals surface area contributed by atoms with Crippen LogP contribution >= 0.6 is 11.8 Å². The second-order valence-corrected chi connectivity index (χ2v) is 6.16. The molecule has 1 rings (SSSR count). The van der Waals surface area contributed by atoms with Crippen LogP contribution in [0.2, 0.25) is 0 Å². The van der Waals surface area contributed by atoms with Gasteiger partial charge in [-0.3, -0.25) is 4.79 Å². The molecule has 0 aliphatic heterocycles. The summed E-state index contributed by atoms with van der Waals surface area (Å²) < 4.78 is 0.398. The lowest BCUT2D eigenvalue weighted by molar-refractivity contribution is -0.121. The Bertz CT molecular complexity index is 227. The van der Waals surface area contributed by atoms with E-state index in [1.807, 2.05) is 18.7 Å². The van der Waals surface area contributed by atoms with Crippen LogP contribution in [0.25, 0.3) is 0 Å². The van der Waals surface area contributed by atoms with Gasteiger partial charge in [0.25, 0.3) is 0 Å². The Kier molecular flexibility index (Phi) is 5.62. The van der Waals surface area contributed by atoms with Crippen molar-refractivity contribution in [2.75, 3.05) is 19.3 Å². The lowest BCUT2D eigenvalue weighted by atomic mass is 9.88. The second kappa shape index (κ2) is 6.50. The number of primary amides is 1.